The lowest BCUT2D eigenvalue weighted by Crippen LogP contribution is -2.55. The summed E-state index contributed by atoms with van der Waals surface area (Å²) in [4.78, 5) is 2.71. The van der Waals surface area contributed by atoms with Crippen molar-refractivity contribution >= 4 is 0 Å². The van der Waals surface area contributed by atoms with Gasteiger partial charge in [-0.2, -0.15) is 0 Å². The highest BCUT2D eigenvalue weighted by atomic mass is 15.2. The van der Waals surface area contributed by atoms with Crippen molar-refractivity contribution in [2.75, 3.05) is 13.1 Å². The van der Waals surface area contributed by atoms with E-state index in [1.165, 1.54) is 37.1 Å². The molecule has 3 rings (SSSR count). The smallest absolute Gasteiger partial charge is 0.0253 e. The molecule has 1 aliphatic heterocycles. The first-order chi connectivity index (χ1) is 9.26. The van der Waals surface area contributed by atoms with Crippen LogP contribution in [0.4, 0.5) is 0 Å². The van der Waals surface area contributed by atoms with Gasteiger partial charge < -0.3 is 5.32 Å². The van der Waals surface area contributed by atoms with Crippen LogP contribution in [0.2, 0.25) is 0 Å². The van der Waals surface area contributed by atoms with Gasteiger partial charge in [-0.15, -0.1) is 0 Å². The van der Waals surface area contributed by atoms with E-state index in [9.17, 15) is 0 Å². The Morgan fingerprint density at radius 2 is 1.84 bits per heavy atom. The van der Waals surface area contributed by atoms with Gasteiger partial charge in [0, 0.05) is 31.7 Å². The van der Waals surface area contributed by atoms with Gasteiger partial charge in [0.2, 0.25) is 0 Å². The minimum atomic E-state index is 0.630. The maximum Gasteiger partial charge on any atom is 0.0253 e. The fraction of sp³-hybridized carbons (Fsp3) is 0.647. The van der Waals surface area contributed by atoms with Gasteiger partial charge in [-0.3, -0.25) is 4.90 Å². The average molecular weight is 258 g/mol. The molecular formula is C17H26N2. The Labute approximate surface area is 117 Å². The summed E-state index contributed by atoms with van der Waals surface area (Å²) >= 11 is 0. The van der Waals surface area contributed by atoms with Crippen molar-refractivity contribution in [3.05, 3.63) is 35.4 Å². The molecule has 0 aromatic heterocycles. The van der Waals surface area contributed by atoms with Crippen LogP contribution in [-0.4, -0.2) is 30.1 Å². The molecule has 2 nitrogen and oxygen atoms in total. The third-order valence-corrected chi connectivity index (χ3v) is 4.64. The molecule has 1 saturated heterocycles. The Bertz CT molecular complexity index is 408. The van der Waals surface area contributed by atoms with Crippen molar-refractivity contribution in [2.24, 2.45) is 5.92 Å². The van der Waals surface area contributed by atoms with Crippen LogP contribution in [-0.2, 0) is 13.0 Å². The zero-order valence-corrected chi connectivity index (χ0v) is 12.2. The average Bonchev–Trinajstić information content (AvgIpc) is 3.24. The van der Waals surface area contributed by atoms with Gasteiger partial charge in [0.1, 0.15) is 0 Å². The van der Waals surface area contributed by atoms with Crippen LogP contribution in [0, 0.1) is 5.92 Å². The second-order valence-corrected chi connectivity index (χ2v) is 6.31. The highest BCUT2D eigenvalue weighted by molar-refractivity contribution is 5.22. The second kappa shape index (κ2) is 5.64. The molecule has 19 heavy (non-hydrogen) atoms. The molecule has 1 N–H and O–H groups in total. The normalized spacial score (nSPS) is 28.5. The van der Waals surface area contributed by atoms with E-state index >= 15 is 0 Å². The number of benzene rings is 1. The molecule has 1 heterocycles. The van der Waals surface area contributed by atoms with E-state index in [1.807, 2.05) is 0 Å². The largest absolute Gasteiger partial charge is 0.311 e. The lowest BCUT2D eigenvalue weighted by atomic mass is 10.0. The fourth-order valence-corrected chi connectivity index (χ4v) is 3.25. The van der Waals surface area contributed by atoms with Gasteiger partial charge in [0.15, 0.2) is 0 Å². The standard InChI is InChI=1S/C17H26N2/c1-3-14-4-6-15(7-5-14)12-19-11-13(2)18-10-17(19)16-8-9-16/h4-7,13,16-18H,3,8-12H2,1-2H3. The van der Waals surface area contributed by atoms with Crippen LogP contribution in [0.1, 0.15) is 37.8 Å². The number of rotatable bonds is 4. The molecule has 2 fully saturated rings. The number of hydrogen-bond donors (Lipinski definition) is 1. The molecule has 1 saturated carbocycles. The topological polar surface area (TPSA) is 15.3 Å². The van der Waals surface area contributed by atoms with Gasteiger partial charge in [-0.1, -0.05) is 31.2 Å². The summed E-state index contributed by atoms with van der Waals surface area (Å²) in [5.41, 5.74) is 2.91. The van der Waals surface area contributed by atoms with E-state index in [0.29, 0.717) is 6.04 Å². The predicted octanol–water partition coefficient (Wildman–Crippen LogP) is 2.82. The van der Waals surface area contributed by atoms with Crippen LogP contribution in [0.5, 0.6) is 0 Å². The zero-order valence-electron chi connectivity index (χ0n) is 12.2. The molecule has 2 unspecified atom stereocenters. The minimum absolute atomic E-state index is 0.630. The number of nitrogens with zero attached hydrogens (tertiary/aromatic N) is 1. The number of aryl methyl sites for hydroxylation is 1. The number of piperazine rings is 1. The summed E-state index contributed by atoms with van der Waals surface area (Å²) in [6.45, 7) is 8.01. The second-order valence-electron chi connectivity index (χ2n) is 6.31. The lowest BCUT2D eigenvalue weighted by Gasteiger charge is -2.39. The van der Waals surface area contributed by atoms with Crippen molar-refractivity contribution < 1.29 is 0 Å². The molecule has 1 aliphatic carbocycles. The minimum Gasteiger partial charge on any atom is -0.311 e. The van der Waals surface area contributed by atoms with Gasteiger partial charge in [0.05, 0.1) is 0 Å². The first kappa shape index (κ1) is 13.1. The van der Waals surface area contributed by atoms with Gasteiger partial charge in [0.25, 0.3) is 0 Å². The van der Waals surface area contributed by atoms with Gasteiger partial charge in [-0.05, 0) is 43.2 Å². The van der Waals surface area contributed by atoms with Crippen molar-refractivity contribution in [1.82, 2.24) is 10.2 Å². The third kappa shape index (κ3) is 3.18. The number of nitrogens with one attached hydrogen (secondary N) is 1. The van der Waals surface area contributed by atoms with Crippen LogP contribution < -0.4 is 5.32 Å². The van der Waals surface area contributed by atoms with Crippen molar-refractivity contribution in [3.8, 4) is 0 Å². The highest BCUT2D eigenvalue weighted by Crippen LogP contribution is 2.36. The van der Waals surface area contributed by atoms with E-state index in [0.717, 1.165) is 24.9 Å². The van der Waals surface area contributed by atoms with Crippen molar-refractivity contribution in [2.45, 2.75) is 51.7 Å². The highest BCUT2D eigenvalue weighted by Gasteiger charge is 2.37. The van der Waals surface area contributed by atoms with Gasteiger partial charge in [-0.25, -0.2) is 0 Å². The van der Waals surface area contributed by atoms with E-state index in [1.54, 1.807) is 0 Å². The SMILES string of the molecule is CCc1ccc(CN2CC(C)NCC2C2CC2)cc1. The molecule has 2 atom stereocenters. The van der Waals surface area contributed by atoms with Crippen LogP contribution in [0.3, 0.4) is 0 Å². The third-order valence-electron chi connectivity index (χ3n) is 4.64. The van der Waals surface area contributed by atoms with Crippen LogP contribution in [0.25, 0.3) is 0 Å². The first-order valence-electron chi connectivity index (χ1n) is 7.81. The summed E-state index contributed by atoms with van der Waals surface area (Å²) in [7, 11) is 0. The monoisotopic (exact) mass is 258 g/mol. The summed E-state index contributed by atoms with van der Waals surface area (Å²) in [6, 6.07) is 10.6. The van der Waals surface area contributed by atoms with E-state index in [4.69, 9.17) is 0 Å². The maximum absolute atomic E-state index is 3.65. The molecule has 1 aromatic carbocycles. The zero-order chi connectivity index (χ0) is 13.2. The van der Waals surface area contributed by atoms with Crippen molar-refractivity contribution in [3.63, 3.8) is 0 Å². The Morgan fingerprint density at radius 3 is 2.47 bits per heavy atom. The molecular weight excluding hydrogens is 232 g/mol. The Morgan fingerprint density at radius 1 is 1.16 bits per heavy atom. The Kier molecular flexibility index (Phi) is 3.90. The molecule has 2 aliphatic rings. The Balaban J connectivity index is 1.67. The first-order valence-corrected chi connectivity index (χ1v) is 7.81. The maximum atomic E-state index is 3.65. The van der Waals surface area contributed by atoms with E-state index < -0.39 is 0 Å². The molecule has 1 aromatic rings. The molecule has 0 radical (unpaired) electrons. The van der Waals surface area contributed by atoms with E-state index in [-0.39, 0.29) is 0 Å². The summed E-state index contributed by atoms with van der Waals surface area (Å²) in [5, 5.41) is 3.65. The summed E-state index contributed by atoms with van der Waals surface area (Å²) in [6.07, 6.45) is 4.01. The predicted molar refractivity (Wildman–Crippen MR) is 80.2 cm³/mol. The summed E-state index contributed by atoms with van der Waals surface area (Å²) < 4.78 is 0. The molecule has 2 heteroatoms. The summed E-state index contributed by atoms with van der Waals surface area (Å²) in [5.74, 6) is 0.954. The van der Waals surface area contributed by atoms with Crippen LogP contribution in [0.15, 0.2) is 24.3 Å². The molecule has 104 valence electrons. The molecule has 0 amide bonds. The van der Waals surface area contributed by atoms with Gasteiger partial charge >= 0.3 is 0 Å². The Hall–Kier alpha value is -0.860. The fourth-order valence-electron chi connectivity index (χ4n) is 3.25. The van der Waals surface area contributed by atoms with E-state index in [2.05, 4.69) is 48.3 Å². The number of hydrogen-bond acceptors (Lipinski definition) is 2. The van der Waals surface area contributed by atoms with Crippen molar-refractivity contribution in [1.29, 1.82) is 0 Å². The quantitative estimate of drug-likeness (QED) is 0.893. The lowest BCUT2D eigenvalue weighted by molar-refractivity contribution is 0.112. The molecule has 0 bridgehead atoms. The molecule has 0 spiro atoms. The van der Waals surface area contributed by atoms with Crippen LogP contribution >= 0.6 is 0 Å².